The van der Waals surface area contributed by atoms with Gasteiger partial charge >= 0.3 is 0 Å². The number of benzene rings is 1. The van der Waals surface area contributed by atoms with Crippen molar-refractivity contribution < 1.29 is 9.59 Å². The molecule has 0 spiro atoms. The van der Waals surface area contributed by atoms with E-state index in [-0.39, 0.29) is 17.7 Å². The first-order chi connectivity index (χ1) is 9.74. The first-order valence-corrected chi connectivity index (χ1v) is 7.90. The van der Waals surface area contributed by atoms with Crippen LogP contribution >= 0.6 is 15.9 Å². The van der Waals surface area contributed by atoms with Crippen LogP contribution in [0, 0.1) is 5.92 Å². The maximum Gasteiger partial charge on any atom is 0.248 e. The summed E-state index contributed by atoms with van der Waals surface area (Å²) in [5, 5.41) is 2.83. The Bertz CT molecular complexity index is 569. The predicted molar refractivity (Wildman–Crippen MR) is 85.5 cm³/mol. The molecule has 5 heteroatoms. The van der Waals surface area contributed by atoms with E-state index in [4.69, 9.17) is 0 Å². The first-order valence-electron chi connectivity index (χ1n) is 7.10. The Hall–Kier alpha value is -1.36. The summed E-state index contributed by atoms with van der Waals surface area (Å²) in [7, 11) is 0. The third-order valence-corrected chi connectivity index (χ3v) is 4.54. The summed E-state index contributed by atoms with van der Waals surface area (Å²) in [6.45, 7) is 7.85. The van der Waals surface area contributed by atoms with Crippen molar-refractivity contribution in [3.8, 4) is 0 Å². The molecule has 0 saturated carbocycles. The third-order valence-electron chi connectivity index (χ3n) is 3.77. The molecular formula is C16H21BrN2O2. The molecule has 1 aromatic rings. The van der Waals surface area contributed by atoms with Crippen molar-refractivity contribution in [2.24, 2.45) is 5.92 Å². The highest BCUT2D eigenvalue weighted by atomic mass is 79.9. The molecule has 2 rings (SSSR count). The first kappa shape index (κ1) is 16.0. The van der Waals surface area contributed by atoms with Crippen LogP contribution in [0.2, 0.25) is 0 Å². The molecule has 1 aromatic carbocycles. The quantitative estimate of drug-likeness (QED) is 0.908. The van der Waals surface area contributed by atoms with Crippen LogP contribution in [0.4, 0.5) is 0 Å². The Labute approximate surface area is 134 Å². The topological polar surface area (TPSA) is 49.4 Å². The van der Waals surface area contributed by atoms with E-state index in [0.717, 1.165) is 10.0 Å². The minimum Gasteiger partial charge on any atom is -0.340 e. The number of amides is 2. The van der Waals surface area contributed by atoms with E-state index in [0.29, 0.717) is 6.54 Å². The molecule has 114 valence electrons. The molecule has 1 atom stereocenters. The van der Waals surface area contributed by atoms with Gasteiger partial charge in [-0.3, -0.25) is 9.59 Å². The van der Waals surface area contributed by atoms with Gasteiger partial charge in [0.25, 0.3) is 0 Å². The van der Waals surface area contributed by atoms with E-state index >= 15 is 0 Å². The van der Waals surface area contributed by atoms with Gasteiger partial charge in [0.1, 0.15) is 11.6 Å². The fourth-order valence-corrected chi connectivity index (χ4v) is 3.12. The van der Waals surface area contributed by atoms with E-state index < -0.39 is 11.6 Å². The maximum absolute atomic E-state index is 12.7. The second kappa shape index (κ2) is 5.79. The summed E-state index contributed by atoms with van der Waals surface area (Å²) in [6, 6.07) is 7.34. The zero-order valence-electron chi connectivity index (χ0n) is 12.8. The number of halogens is 1. The SMILES string of the molecule is CC(C)C1C(=O)NC(C)(C)C(=O)N1Cc1ccccc1Br. The molecular weight excluding hydrogens is 332 g/mol. The van der Waals surface area contributed by atoms with Gasteiger partial charge < -0.3 is 10.2 Å². The molecule has 1 saturated heterocycles. The van der Waals surface area contributed by atoms with Crippen LogP contribution in [-0.4, -0.2) is 28.3 Å². The normalized spacial score (nSPS) is 21.6. The van der Waals surface area contributed by atoms with Gasteiger partial charge in [0, 0.05) is 11.0 Å². The van der Waals surface area contributed by atoms with Crippen LogP contribution in [0.1, 0.15) is 33.3 Å². The van der Waals surface area contributed by atoms with Gasteiger partial charge in [-0.25, -0.2) is 0 Å². The summed E-state index contributed by atoms with van der Waals surface area (Å²) in [4.78, 5) is 26.8. The van der Waals surface area contributed by atoms with Crippen LogP contribution in [0.5, 0.6) is 0 Å². The summed E-state index contributed by atoms with van der Waals surface area (Å²) in [5.41, 5.74) is 0.144. The summed E-state index contributed by atoms with van der Waals surface area (Å²) in [6.07, 6.45) is 0. The number of rotatable bonds is 3. The third kappa shape index (κ3) is 3.12. The van der Waals surface area contributed by atoms with Crippen LogP contribution in [0.25, 0.3) is 0 Å². The molecule has 1 fully saturated rings. The summed E-state index contributed by atoms with van der Waals surface area (Å²) >= 11 is 3.51. The highest BCUT2D eigenvalue weighted by molar-refractivity contribution is 9.10. The fraction of sp³-hybridized carbons (Fsp3) is 0.500. The molecule has 2 amide bonds. The molecule has 4 nitrogen and oxygen atoms in total. The van der Waals surface area contributed by atoms with Crippen molar-refractivity contribution >= 4 is 27.7 Å². The number of piperazine rings is 1. The Morgan fingerprint density at radius 2 is 1.90 bits per heavy atom. The number of carbonyl (C=O) groups is 2. The molecule has 1 aliphatic heterocycles. The molecule has 0 radical (unpaired) electrons. The van der Waals surface area contributed by atoms with Crippen molar-refractivity contribution in [2.45, 2.75) is 45.8 Å². The van der Waals surface area contributed by atoms with E-state index in [9.17, 15) is 9.59 Å². The largest absolute Gasteiger partial charge is 0.340 e. The molecule has 0 bridgehead atoms. The molecule has 1 aliphatic rings. The van der Waals surface area contributed by atoms with E-state index in [1.807, 2.05) is 38.1 Å². The smallest absolute Gasteiger partial charge is 0.248 e. The zero-order valence-corrected chi connectivity index (χ0v) is 14.4. The predicted octanol–water partition coefficient (Wildman–Crippen LogP) is 2.71. The minimum absolute atomic E-state index is 0.0449. The lowest BCUT2D eigenvalue weighted by Crippen LogP contribution is -2.68. The van der Waals surface area contributed by atoms with Crippen molar-refractivity contribution in [2.75, 3.05) is 0 Å². The number of carbonyl (C=O) groups excluding carboxylic acids is 2. The second-order valence-electron chi connectivity index (χ2n) is 6.33. The average molecular weight is 353 g/mol. The van der Waals surface area contributed by atoms with Crippen molar-refractivity contribution in [1.29, 1.82) is 0 Å². The Morgan fingerprint density at radius 3 is 2.48 bits per heavy atom. The van der Waals surface area contributed by atoms with Crippen LogP contribution < -0.4 is 5.32 Å². The van der Waals surface area contributed by atoms with Crippen LogP contribution in [-0.2, 0) is 16.1 Å². The molecule has 0 aromatic heterocycles. The van der Waals surface area contributed by atoms with Crippen molar-refractivity contribution in [1.82, 2.24) is 10.2 Å². The maximum atomic E-state index is 12.7. The lowest BCUT2D eigenvalue weighted by atomic mass is 9.91. The Morgan fingerprint density at radius 1 is 1.29 bits per heavy atom. The monoisotopic (exact) mass is 352 g/mol. The Balaban J connectivity index is 2.37. The van der Waals surface area contributed by atoms with Crippen molar-refractivity contribution in [3.63, 3.8) is 0 Å². The van der Waals surface area contributed by atoms with E-state index in [1.54, 1.807) is 18.7 Å². The van der Waals surface area contributed by atoms with Gasteiger partial charge in [0.05, 0.1) is 0 Å². The van der Waals surface area contributed by atoms with Gasteiger partial charge in [-0.1, -0.05) is 48.0 Å². The molecule has 1 N–H and O–H groups in total. The average Bonchev–Trinajstić information content (AvgIpc) is 2.37. The lowest BCUT2D eigenvalue weighted by Gasteiger charge is -2.44. The number of nitrogens with one attached hydrogen (secondary N) is 1. The van der Waals surface area contributed by atoms with Gasteiger partial charge in [-0.05, 0) is 31.4 Å². The summed E-state index contributed by atoms with van der Waals surface area (Å²) in [5.74, 6) is -0.0641. The van der Waals surface area contributed by atoms with Crippen molar-refractivity contribution in [3.05, 3.63) is 34.3 Å². The molecule has 1 unspecified atom stereocenters. The van der Waals surface area contributed by atoms with Gasteiger partial charge in [0.2, 0.25) is 11.8 Å². The summed E-state index contributed by atoms with van der Waals surface area (Å²) < 4.78 is 0.948. The van der Waals surface area contributed by atoms with Crippen LogP contribution in [0.15, 0.2) is 28.7 Å². The molecule has 1 heterocycles. The van der Waals surface area contributed by atoms with E-state index in [1.165, 1.54) is 0 Å². The second-order valence-corrected chi connectivity index (χ2v) is 7.18. The number of hydrogen-bond donors (Lipinski definition) is 1. The lowest BCUT2D eigenvalue weighted by molar-refractivity contribution is -0.156. The standard InChI is InChI=1S/C16H21BrN2O2/c1-10(2)13-14(20)18-16(3,4)15(21)19(13)9-11-7-5-6-8-12(11)17/h5-8,10,13H,9H2,1-4H3,(H,18,20). The molecule has 0 aliphatic carbocycles. The fourth-order valence-electron chi connectivity index (χ4n) is 2.71. The highest BCUT2D eigenvalue weighted by Gasteiger charge is 2.46. The van der Waals surface area contributed by atoms with Gasteiger partial charge in [0.15, 0.2) is 0 Å². The van der Waals surface area contributed by atoms with Gasteiger partial charge in [-0.2, -0.15) is 0 Å². The number of nitrogens with zero attached hydrogens (tertiary/aromatic N) is 1. The highest BCUT2D eigenvalue weighted by Crippen LogP contribution is 2.27. The van der Waals surface area contributed by atoms with Crippen LogP contribution in [0.3, 0.4) is 0 Å². The zero-order chi connectivity index (χ0) is 15.8. The van der Waals surface area contributed by atoms with E-state index in [2.05, 4.69) is 21.2 Å². The number of hydrogen-bond acceptors (Lipinski definition) is 2. The minimum atomic E-state index is -0.857. The Kier molecular flexibility index (Phi) is 4.42. The molecule has 21 heavy (non-hydrogen) atoms. The van der Waals surface area contributed by atoms with Gasteiger partial charge in [-0.15, -0.1) is 0 Å².